The van der Waals surface area contributed by atoms with Gasteiger partial charge in [0.05, 0.1) is 16.1 Å². The minimum absolute atomic E-state index is 0.126. The third-order valence-corrected chi connectivity index (χ3v) is 5.65. The molecule has 1 amide bonds. The van der Waals surface area contributed by atoms with Crippen molar-refractivity contribution in [3.05, 3.63) is 67.3 Å². The van der Waals surface area contributed by atoms with E-state index in [1.165, 1.54) is 12.1 Å². The maximum atomic E-state index is 13.6. The van der Waals surface area contributed by atoms with Crippen LogP contribution in [0.25, 0.3) is 0 Å². The standard InChI is InChI=1S/C21H26BrFN2O2/c1-5-8-17(15-9-7-10-16(23)12-15)24-20(26)18-13(3)19(22)21(27)25(11-6-2)14(18)4/h7,9-10,12,17H,5-6,8,11H2,1-4H3,(H,24,26)/t17-/m1/s1. The molecule has 0 radical (unpaired) electrons. The summed E-state index contributed by atoms with van der Waals surface area (Å²) in [5.41, 5.74) is 2.37. The first kappa shape index (κ1) is 21.4. The van der Waals surface area contributed by atoms with Crippen LogP contribution in [0.5, 0.6) is 0 Å². The number of rotatable bonds is 7. The van der Waals surface area contributed by atoms with Gasteiger partial charge in [0, 0.05) is 12.2 Å². The molecule has 0 bridgehead atoms. The van der Waals surface area contributed by atoms with E-state index in [1.54, 1.807) is 24.5 Å². The number of carbonyl (C=O) groups excluding carboxylic acids is 1. The van der Waals surface area contributed by atoms with Crippen molar-refractivity contribution in [2.75, 3.05) is 0 Å². The molecule has 0 saturated heterocycles. The van der Waals surface area contributed by atoms with Gasteiger partial charge in [-0.05, 0) is 65.9 Å². The minimum Gasteiger partial charge on any atom is -0.345 e. The molecule has 1 aromatic heterocycles. The Kier molecular flexibility index (Phi) is 7.36. The largest absolute Gasteiger partial charge is 0.345 e. The molecule has 6 heteroatoms. The zero-order valence-corrected chi connectivity index (χ0v) is 17.8. The molecule has 0 aliphatic carbocycles. The predicted octanol–water partition coefficient (Wildman–Crippen LogP) is 5.05. The second-order valence-corrected chi connectivity index (χ2v) is 7.52. The Morgan fingerprint density at radius 3 is 2.56 bits per heavy atom. The summed E-state index contributed by atoms with van der Waals surface area (Å²) in [6, 6.07) is 6.02. The molecule has 1 N–H and O–H groups in total. The van der Waals surface area contributed by atoms with E-state index < -0.39 is 0 Å². The first-order valence-electron chi connectivity index (χ1n) is 9.27. The Morgan fingerprint density at radius 1 is 1.26 bits per heavy atom. The fourth-order valence-corrected chi connectivity index (χ4v) is 3.75. The lowest BCUT2D eigenvalue weighted by Crippen LogP contribution is -2.33. The monoisotopic (exact) mass is 436 g/mol. The van der Waals surface area contributed by atoms with Gasteiger partial charge in [0.1, 0.15) is 5.82 Å². The second kappa shape index (κ2) is 9.31. The van der Waals surface area contributed by atoms with E-state index >= 15 is 0 Å². The van der Waals surface area contributed by atoms with Crippen molar-refractivity contribution in [1.82, 2.24) is 9.88 Å². The fourth-order valence-electron chi connectivity index (χ4n) is 3.34. The number of hydrogen-bond acceptors (Lipinski definition) is 2. The van der Waals surface area contributed by atoms with Crippen LogP contribution in [0.2, 0.25) is 0 Å². The lowest BCUT2D eigenvalue weighted by atomic mass is 10.0. The normalized spacial score (nSPS) is 12.1. The molecule has 0 aliphatic rings. The Bertz CT molecular complexity index is 892. The highest BCUT2D eigenvalue weighted by atomic mass is 79.9. The second-order valence-electron chi connectivity index (χ2n) is 6.73. The van der Waals surface area contributed by atoms with Crippen molar-refractivity contribution in [3.8, 4) is 0 Å². The van der Waals surface area contributed by atoms with Crippen molar-refractivity contribution in [2.45, 2.75) is 59.5 Å². The van der Waals surface area contributed by atoms with Crippen LogP contribution in [0.4, 0.5) is 4.39 Å². The van der Waals surface area contributed by atoms with Crippen molar-refractivity contribution in [3.63, 3.8) is 0 Å². The smallest absolute Gasteiger partial charge is 0.265 e. The third kappa shape index (κ3) is 4.67. The number of halogens is 2. The highest BCUT2D eigenvalue weighted by molar-refractivity contribution is 9.10. The highest BCUT2D eigenvalue weighted by Crippen LogP contribution is 2.24. The maximum Gasteiger partial charge on any atom is 0.265 e. The van der Waals surface area contributed by atoms with Crippen LogP contribution in [0, 0.1) is 19.7 Å². The average molecular weight is 437 g/mol. The van der Waals surface area contributed by atoms with Gasteiger partial charge in [-0.25, -0.2) is 4.39 Å². The number of nitrogens with one attached hydrogen (secondary N) is 1. The summed E-state index contributed by atoms with van der Waals surface area (Å²) in [6.07, 6.45) is 2.33. The highest BCUT2D eigenvalue weighted by Gasteiger charge is 2.23. The molecule has 2 rings (SSSR count). The molecule has 0 saturated carbocycles. The summed E-state index contributed by atoms with van der Waals surface area (Å²) in [5, 5.41) is 3.03. The number of amides is 1. The van der Waals surface area contributed by atoms with Crippen molar-refractivity contribution >= 4 is 21.8 Å². The van der Waals surface area contributed by atoms with E-state index in [0.717, 1.165) is 18.4 Å². The number of nitrogens with zero attached hydrogens (tertiary/aromatic N) is 1. The number of pyridine rings is 1. The van der Waals surface area contributed by atoms with E-state index in [9.17, 15) is 14.0 Å². The average Bonchev–Trinajstić information content (AvgIpc) is 2.63. The van der Waals surface area contributed by atoms with Gasteiger partial charge in [0.2, 0.25) is 0 Å². The van der Waals surface area contributed by atoms with Gasteiger partial charge in [0.25, 0.3) is 11.5 Å². The van der Waals surface area contributed by atoms with Crippen LogP contribution in [0.1, 0.15) is 66.3 Å². The van der Waals surface area contributed by atoms with Crippen molar-refractivity contribution < 1.29 is 9.18 Å². The maximum absolute atomic E-state index is 13.6. The van der Waals surface area contributed by atoms with E-state index in [1.807, 2.05) is 19.9 Å². The van der Waals surface area contributed by atoms with Crippen LogP contribution in [-0.4, -0.2) is 10.5 Å². The molecule has 0 unspecified atom stereocenters. The molecular weight excluding hydrogens is 411 g/mol. The lowest BCUT2D eigenvalue weighted by molar-refractivity contribution is 0.0932. The summed E-state index contributed by atoms with van der Waals surface area (Å²) in [6.45, 7) is 8.11. The van der Waals surface area contributed by atoms with Gasteiger partial charge in [-0.1, -0.05) is 32.4 Å². The van der Waals surface area contributed by atoms with Crippen molar-refractivity contribution in [2.24, 2.45) is 0 Å². The van der Waals surface area contributed by atoms with Crippen molar-refractivity contribution in [1.29, 1.82) is 0 Å². The van der Waals surface area contributed by atoms with Gasteiger partial charge in [-0.3, -0.25) is 9.59 Å². The first-order valence-corrected chi connectivity index (χ1v) is 10.1. The van der Waals surface area contributed by atoms with E-state index in [4.69, 9.17) is 0 Å². The third-order valence-electron chi connectivity index (χ3n) is 4.71. The van der Waals surface area contributed by atoms with Gasteiger partial charge >= 0.3 is 0 Å². The quantitative estimate of drug-likeness (QED) is 0.659. The van der Waals surface area contributed by atoms with Crippen LogP contribution < -0.4 is 10.9 Å². The SMILES string of the molecule is CCC[C@@H](NC(=O)c1c(C)c(Br)c(=O)n(CCC)c1C)c1cccc(F)c1. The molecule has 4 nitrogen and oxygen atoms in total. The summed E-state index contributed by atoms with van der Waals surface area (Å²) in [5.74, 6) is -0.576. The predicted molar refractivity (Wildman–Crippen MR) is 110 cm³/mol. The molecule has 1 heterocycles. The van der Waals surface area contributed by atoms with Gasteiger partial charge in [-0.15, -0.1) is 0 Å². The summed E-state index contributed by atoms with van der Waals surface area (Å²) >= 11 is 3.34. The van der Waals surface area contributed by atoms with E-state index in [0.29, 0.717) is 34.3 Å². The number of benzene rings is 1. The summed E-state index contributed by atoms with van der Waals surface area (Å²) in [7, 11) is 0. The molecule has 0 fully saturated rings. The van der Waals surface area contributed by atoms with E-state index in [-0.39, 0.29) is 23.3 Å². The van der Waals surface area contributed by atoms with Crippen LogP contribution in [-0.2, 0) is 6.54 Å². The molecule has 0 aliphatic heterocycles. The number of carbonyl (C=O) groups is 1. The lowest BCUT2D eigenvalue weighted by Gasteiger charge is -2.22. The molecule has 1 aromatic carbocycles. The minimum atomic E-state index is -0.325. The molecule has 146 valence electrons. The summed E-state index contributed by atoms with van der Waals surface area (Å²) < 4.78 is 15.7. The fraction of sp³-hybridized carbons (Fsp3) is 0.429. The zero-order chi connectivity index (χ0) is 20.1. The molecule has 2 aromatic rings. The van der Waals surface area contributed by atoms with E-state index in [2.05, 4.69) is 21.2 Å². The molecule has 0 spiro atoms. The Hall–Kier alpha value is -1.95. The molecule has 27 heavy (non-hydrogen) atoms. The topological polar surface area (TPSA) is 51.1 Å². The van der Waals surface area contributed by atoms with Gasteiger partial charge in [-0.2, -0.15) is 0 Å². The van der Waals surface area contributed by atoms with Crippen LogP contribution >= 0.6 is 15.9 Å². The Morgan fingerprint density at radius 2 is 1.96 bits per heavy atom. The zero-order valence-electron chi connectivity index (χ0n) is 16.2. The first-order chi connectivity index (χ1) is 12.8. The van der Waals surface area contributed by atoms with Gasteiger partial charge < -0.3 is 9.88 Å². The molecule has 1 atom stereocenters. The summed E-state index contributed by atoms with van der Waals surface area (Å²) in [4.78, 5) is 25.6. The Labute approximate surface area is 167 Å². The number of hydrogen-bond donors (Lipinski definition) is 1. The molecular formula is C21H26BrFN2O2. The number of aromatic nitrogens is 1. The van der Waals surface area contributed by atoms with Crippen LogP contribution in [0.15, 0.2) is 33.5 Å². The van der Waals surface area contributed by atoms with Crippen LogP contribution in [0.3, 0.4) is 0 Å². The Balaban J connectivity index is 2.45. The van der Waals surface area contributed by atoms with Gasteiger partial charge in [0.15, 0.2) is 0 Å².